The number of benzene rings is 1. The van der Waals surface area contributed by atoms with Gasteiger partial charge in [-0.05, 0) is 114 Å². The number of aliphatic carboxylic acids is 1. The lowest BCUT2D eigenvalue weighted by molar-refractivity contribution is -0.142. The van der Waals surface area contributed by atoms with E-state index in [1.165, 1.54) is 20.8 Å². The van der Waals surface area contributed by atoms with Gasteiger partial charge in [0.15, 0.2) is 23.8 Å². The van der Waals surface area contributed by atoms with Crippen molar-refractivity contribution in [2.45, 2.75) is 238 Å². The number of aliphatic hydroxyl groups excluding tert-OH is 1. The molecule has 1 rings (SSSR count). The van der Waals surface area contributed by atoms with Crippen LogP contribution in [0.1, 0.15) is 152 Å². The number of rotatable bonds is 60. The topological polar surface area (TPSA) is 840 Å². The summed E-state index contributed by atoms with van der Waals surface area (Å²) in [5, 5.41) is 99.0. The Morgan fingerprint density at radius 3 is 0.961 bits per heavy atom. The molecule has 0 fully saturated rings. The van der Waals surface area contributed by atoms with Crippen LogP contribution in [0.25, 0.3) is 0 Å². The Kier molecular flexibility index (Phi) is 51.7. The molecule has 712 valence electrons. The Morgan fingerprint density at radius 2 is 0.622 bits per heavy atom. The maximum absolute atomic E-state index is 14.8. The lowest BCUT2D eigenvalue weighted by atomic mass is 9.98. The summed E-state index contributed by atoms with van der Waals surface area (Å²) in [6, 6.07) is -11.9. The predicted octanol–water partition coefficient (Wildman–Crippen LogP) is -10.3. The van der Waals surface area contributed by atoms with Crippen LogP contribution in [0.5, 0.6) is 0 Å². The third-order valence-electron chi connectivity index (χ3n) is 18.9. The Labute approximate surface area is 736 Å². The molecule has 0 saturated carbocycles. The maximum atomic E-state index is 14.8. The number of aliphatic hydroxyl groups is 1. The monoisotopic (exact) mass is 1800 g/mol. The van der Waals surface area contributed by atoms with Crippen LogP contribution >= 0.6 is 0 Å². The molecular formula is C77H134N30O20. The molecule has 0 spiro atoms. The molecule has 127 heavy (non-hydrogen) atoms. The Bertz CT molecular complexity index is 3930. The van der Waals surface area contributed by atoms with E-state index in [0.29, 0.717) is 5.56 Å². The van der Waals surface area contributed by atoms with E-state index >= 15 is 0 Å². The van der Waals surface area contributed by atoms with Gasteiger partial charge in [-0.1, -0.05) is 85.7 Å². The van der Waals surface area contributed by atoms with Crippen molar-refractivity contribution in [3.8, 4) is 0 Å². The number of guanidine groups is 4. The molecule has 1 aromatic rings. The van der Waals surface area contributed by atoms with E-state index in [-0.39, 0.29) is 96.3 Å². The highest BCUT2D eigenvalue weighted by atomic mass is 16.4. The average Bonchev–Trinajstić information content (AvgIpc) is 0.850. The van der Waals surface area contributed by atoms with Crippen LogP contribution < -0.4 is 141 Å². The summed E-state index contributed by atoms with van der Waals surface area (Å²) in [6.07, 6.45) is -2.22. The number of primary amides is 1. The van der Waals surface area contributed by atoms with Crippen molar-refractivity contribution < 1.29 is 96.5 Å². The fraction of sp³-hybridized carbons (Fsp3) is 0.636. The molecule has 50 heteroatoms. The van der Waals surface area contributed by atoms with Gasteiger partial charge in [-0.25, -0.2) is 0 Å². The molecule has 14 atom stereocenters. The second-order valence-electron chi connectivity index (χ2n) is 31.5. The predicted molar refractivity (Wildman–Crippen MR) is 463 cm³/mol. The number of carbonyl (C=O) groups excluding carboxylic acids is 17. The molecular weight excluding hydrogens is 1670 g/mol. The van der Waals surface area contributed by atoms with Crippen molar-refractivity contribution in [3.05, 3.63) is 35.9 Å². The van der Waals surface area contributed by atoms with E-state index < -0.39 is 272 Å². The van der Waals surface area contributed by atoms with Crippen molar-refractivity contribution in [1.82, 2.24) is 106 Å². The molecule has 17 amide bonds. The molecule has 38 N–H and O–H groups in total. The van der Waals surface area contributed by atoms with Gasteiger partial charge in [0.25, 0.3) is 0 Å². The highest BCUT2D eigenvalue weighted by Gasteiger charge is 2.38. The van der Waals surface area contributed by atoms with E-state index in [9.17, 15) is 96.5 Å². The van der Waals surface area contributed by atoms with Gasteiger partial charge in [-0.3, -0.25) is 108 Å². The molecule has 0 aromatic heterocycles. The molecule has 0 bridgehead atoms. The normalized spacial score (nSPS) is 14.3. The first-order chi connectivity index (χ1) is 59.5. The van der Waals surface area contributed by atoms with E-state index in [1.54, 1.807) is 85.7 Å². The van der Waals surface area contributed by atoms with Crippen molar-refractivity contribution in [1.29, 1.82) is 21.6 Å². The third kappa shape index (κ3) is 46.3. The van der Waals surface area contributed by atoms with Gasteiger partial charge in [0.1, 0.15) is 84.6 Å². The SMILES string of the molecule is CC(C)C[C@H](NC(=O)[C@@H](NC(=O)[C@@H](NC(=O)CNC(=O)[C@H](C)NC(=O)[C@H](Cc1ccccc1)NC(=O)[C@H](CCCNC(=N)N)NC(=O)[C@H](CCCNC(=N)N)NC(=O)[C@H](CCC(N)=O)NC(=O)[C@H](CCCNC(=N)N)NC(=O)[C@H](CCCNC(=N)N)NC(=O)CNC(=O)[C@@H](N)CO)C(C)C)C(C)C)C(=O)N[C@@H](C)C(=O)NCC(=O)N[C@H](C(=O)N[C@@H](C)C(=O)O)C(C)C. The zero-order valence-corrected chi connectivity index (χ0v) is 73.6. The quantitative estimate of drug-likeness (QED) is 0.0164. The van der Waals surface area contributed by atoms with Crippen LogP contribution in [0.15, 0.2) is 30.3 Å². The van der Waals surface area contributed by atoms with Gasteiger partial charge in [0.2, 0.25) is 100 Å². The summed E-state index contributed by atoms with van der Waals surface area (Å²) < 4.78 is 0. The minimum absolute atomic E-state index is 0.00330. The first kappa shape index (κ1) is 112. The largest absolute Gasteiger partial charge is 0.480 e. The first-order valence-corrected chi connectivity index (χ1v) is 41.5. The molecule has 0 radical (unpaired) electrons. The highest BCUT2D eigenvalue weighted by molar-refractivity contribution is 6.01. The fourth-order valence-electron chi connectivity index (χ4n) is 11.8. The Morgan fingerprint density at radius 1 is 0.331 bits per heavy atom. The van der Waals surface area contributed by atoms with E-state index in [2.05, 4.69) is 106 Å². The van der Waals surface area contributed by atoms with Crippen molar-refractivity contribution in [2.24, 2.45) is 58.1 Å². The van der Waals surface area contributed by atoms with Gasteiger partial charge in [0.05, 0.1) is 26.2 Å². The molecule has 0 aliphatic heterocycles. The summed E-state index contributed by atoms with van der Waals surface area (Å²) in [7, 11) is 0. The van der Waals surface area contributed by atoms with Crippen molar-refractivity contribution in [2.75, 3.05) is 52.4 Å². The minimum Gasteiger partial charge on any atom is -0.480 e. The summed E-state index contributed by atoms with van der Waals surface area (Å²) >= 11 is 0. The zero-order chi connectivity index (χ0) is 96.5. The number of amides is 17. The lowest BCUT2D eigenvalue weighted by Gasteiger charge is -2.29. The van der Waals surface area contributed by atoms with E-state index in [0.717, 1.165) is 0 Å². The van der Waals surface area contributed by atoms with Gasteiger partial charge in [0, 0.05) is 39.0 Å². The Balaban J connectivity index is 3.62. The van der Waals surface area contributed by atoms with Crippen LogP contribution in [0.4, 0.5) is 0 Å². The lowest BCUT2D eigenvalue weighted by Crippen LogP contribution is -2.60. The molecule has 0 unspecified atom stereocenters. The van der Waals surface area contributed by atoms with Crippen LogP contribution in [-0.4, -0.2) is 277 Å². The number of nitrogens with two attached hydrogens (primary N) is 6. The second kappa shape index (κ2) is 58.7. The first-order valence-electron chi connectivity index (χ1n) is 41.5. The molecule has 0 saturated heterocycles. The van der Waals surface area contributed by atoms with Gasteiger partial charge >= 0.3 is 5.97 Å². The van der Waals surface area contributed by atoms with Crippen LogP contribution in [0.2, 0.25) is 0 Å². The maximum Gasteiger partial charge on any atom is 0.325 e. The number of carboxylic acids is 1. The third-order valence-corrected chi connectivity index (χ3v) is 18.9. The van der Waals surface area contributed by atoms with Gasteiger partial charge < -0.3 is 151 Å². The number of hydrogen-bond donors (Lipinski definition) is 32. The van der Waals surface area contributed by atoms with E-state index in [4.69, 9.17) is 56.0 Å². The fourth-order valence-corrected chi connectivity index (χ4v) is 11.8. The number of hydrogen-bond acceptors (Lipinski definition) is 24. The number of carboxylic acid groups (broad SMARTS) is 1. The standard InChI is InChI=1S/C77H134N30O20/c1-37(2)31-51(68(121)95-41(9)60(113)92-34-55(111)105-57(38(3)4)70(123)97-43(11)73(126)127)104-71(124)59(40(7)8)107-72(125)58(39(5)6)106-56(112)35-93-61(114)42(10)96-69(122)52(32-44-19-13-12-14-20-44)103-66(119)49(24-18-30-91-77(86)87)100-64(117)47(22-16-28-89-75(82)83)101-67(120)50(25-26-53(79)109)102-65(118)48(23-17-29-90-76(84)85)99-63(116)46(21-15-27-88-74(80)81)98-54(110)33-94-62(115)45(78)36-108/h12-14,19-20,37-43,45-52,57-59,108H,15-18,21-36,78H2,1-11H3,(H2,79,109)(H,92,113)(H,93,114)(H,94,115)(H,95,121)(H,96,122)(H,97,123)(H,98,110)(H,99,116)(H,100,117)(H,101,120)(H,102,118)(H,103,119)(H,104,124)(H,105,111)(H,106,112)(H,107,125)(H,126,127)(H4,80,81,88)(H4,82,83,89)(H4,84,85,90)(H4,86,87,91)/t41-,42-,43-,45-,46-,47-,48-,49-,50-,51-,52-,57-,58-,59-/m0/s1. The smallest absolute Gasteiger partial charge is 0.325 e. The Hall–Kier alpha value is -13.3. The number of nitrogens with one attached hydrogen (secondary N) is 24. The summed E-state index contributed by atoms with van der Waals surface area (Å²) in [4.78, 5) is 245. The van der Waals surface area contributed by atoms with Gasteiger partial charge in [-0.2, -0.15) is 0 Å². The summed E-state index contributed by atoms with van der Waals surface area (Å²) in [5.74, 6) is -20.8. The van der Waals surface area contributed by atoms with Crippen molar-refractivity contribution in [3.63, 3.8) is 0 Å². The van der Waals surface area contributed by atoms with E-state index in [1.807, 2.05) is 0 Å². The summed E-state index contributed by atoms with van der Waals surface area (Å²) in [6.45, 7) is 13.9. The highest BCUT2D eigenvalue weighted by Crippen LogP contribution is 2.14. The zero-order valence-electron chi connectivity index (χ0n) is 73.6. The minimum atomic E-state index is -1.75. The van der Waals surface area contributed by atoms with Crippen LogP contribution in [0.3, 0.4) is 0 Å². The van der Waals surface area contributed by atoms with Gasteiger partial charge in [-0.15, -0.1) is 0 Å². The van der Waals surface area contributed by atoms with Crippen molar-refractivity contribution >= 4 is 130 Å². The number of carbonyl (C=O) groups is 18. The van der Waals surface area contributed by atoms with Crippen LogP contribution in [0, 0.1) is 45.3 Å². The molecule has 1 aromatic carbocycles. The molecule has 0 aliphatic carbocycles. The second-order valence-corrected chi connectivity index (χ2v) is 31.5. The molecule has 0 aliphatic rings. The molecule has 50 nitrogen and oxygen atoms in total. The summed E-state index contributed by atoms with van der Waals surface area (Å²) in [5.41, 5.74) is 33.5. The average molecular weight is 1800 g/mol. The molecule has 0 heterocycles. The van der Waals surface area contributed by atoms with Crippen LogP contribution in [-0.2, 0) is 92.7 Å².